The van der Waals surface area contributed by atoms with Crippen LogP contribution in [0.2, 0.25) is 0 Å². The Morgan fingerprint density at radius 2 is 0.766 bits per heavy atom. The van der Waals surface area contributed by atoms with Crippen LogP contribution in [-0.4, -0.2) is 0 Å². The highest BCUT2D eigenvalue weighted by molar-refractivity contribution is 7.28. The molecule has 0 bridgehead atoms. The molecule has 11 rings (SSSR count). The number of hydrogen-bond acceptors (Lipinski definition) is 3. The maximum absolute atomic E-state index is 6.20. The molecular formula is C44H24OS2. The van der Waals surface area contributed by atoms with Crippen LogP contribution in [0.4, 0.5) is 0 Å². The average Bonchev–Trinajstić information content (AvgIpc) is 3.79. The molecule has 218 valence electrons. The quantitative estimate of drug-likeness (QED) is 0.173. The van der Waals surface area contributed by atoms with E-state index in [1.165, 1.54) is 84.1 Å². The molecule has 47 heavy (non-hydrogen) atoms. The monoisotopic (exact) mass is 632 g/mol. The zero-order valence-electron chi connectivity index (χ0n) is 25.1. The van der Waals surface area contributed by atoms with E-state index in [4.69, 9.17) is 4.42 Å². The summed E-state index contributed by atoms with van der Waals surface area (Å²) in [5.74, 6) is 0. The van der Waals surface area contributed by atoms with Crippen LogP contribution in [0.5, 0.6) is 0 Å². The molecule has 8 aromatic carbocycles. The molecule has 0 aliphatic carbocycles. The van der Waals surface area contributed by atoms with Gasteiger partial charge in [-0.3, -0.25) is 0 Å². The van der Waals surface area contributed by atoms with Gasteiger partial charge in [0, 0.05) is 51.1 Å². The molecule has 0 saturated heterocycles. The molecule has 1 nitrogen and oxygen atoms in total. The summed E-state index contributed by atoms with van der Waals surface area (Å²) in [6.45, 7) is 0. The van der Waals surface area contributed by atoms with Gasteiger partial charge in [0.25, 0.3) is 0 Å². The van der Waals surface area contributed by atoms with Crippen LogP contribution in [0.15, 0.2) is 150 Å². The van der Waals surface area contributed by atoms with Crippen molar-refractivity contribution in [3.63, 3.8) is 0 Å². The van der Waals surface area contributed by atoms with Crippen molar-refractivity contribution in [2.75, 3.05) is 0 Å². The van der Waals surface area contributed by atoms with Crippen molar-refractivity contribution in [1.82, 2.24) is 0 Å². The Morgan fingerprint density at radius 3 is 1.45 bits per heavy atom. The Balaban J connectivity index is 1.19. The van der Waals surface area contributed by atoms with Gasteiger partial charge in [-0.1, -0.05) is 97.1 Å². The Kier molecular flexibility index (Phi) is 5.20. The fourth-order valence-electron chi connectivity index (χ4n) is 7.78. The van der Waals surface area contributed by atoms with Crippen LogP contribution in [-0.2, 0) is 0 Å². The number of thiophene rings is 2. The van der Waals surface area contributed by atoms with Gasteiger partial charge < -0.3 is 4.42 Å². The first-order valence-corrected chi connectivity index (χ1v) is 17.5. The second kappa shape index (κ2) is 9.52. The van der Waals surface area contributed by atoms with Crippen molar-refractivity contribution in [2.24, 2.45) is 0 Å². The Bertz CT molecular complexity index is 3020. The summed E-state index contributed by atoms with van der Waals surface area (Å²) in [5, 5.41) is 12.7. The normalized spacial score (nSPS) is 12.3. The van der Waals surface area contributed by atoms with Gasteiger partial charge in [0.15, 0.2) is 0 Å². The van der Waals surface area contributed by atoms with Crippen molar-refractivity contribution in [2.45, 2.75) is 0 Å². The van der Waals surface area contributed by atoms with Gasteiger partial charge in [0.2, 0.25) is 0 Å². The molecule has 0 aliphatic heterocycles. The van der Waals surface area contributed by atoms with E-state index in [9.17, 15) is 0 Å². The first kappa shape index (κ1) is 25.7. The number of fused-ring (bicyclic) bond motifs is 11. The van der Waals surface area contributed by atoms with E-state index in [2.05, 4.69) is 133 Å². The third-order valence-corrected chi connectivity index (χ3v) is 12.1. The minimum Gasteiger partial charge on any atom is -0.456 e. The molecule has 11 aromatic rings. The lowest BCUT2D eigenvalue weighted by atomic mass is 9.85. The van der Waals surface area contributed by atoms with Gasteiger partial charge in [-0.25, -0.2) is 0 Å². The SMILES string of the molecule is c1ccc2c(c1)oc1ccc(-c3c4ccccc4c(-c4ccc5sc6cc7sc8ccccc8c7cc6c5c4)c4ccccc34)cc12. The average molecular weight is 633 g/mol. The molecular weight excluding hydrogens is 609 g/mol. The summed E-state index contributed by atoms with van der Waals surface area (Å²) in [7, 11) is 0. The minimum absolute atomic E-state index is 0.921. The largest absolute Gasteiger partial charge is 0.456 e. The van der Waals surface area contributed by atoms with E-state index < -0.39 is 0 Å². The van der Waals surface area contributed by atoms with Gasteiger partial charge in [0.05, 0.1) is 0 Å². The topological polar surface area (TPSA) is 13.1 Å². The zero-order chi connectivity index (χ0) is 30.6. The Hall–Kier alpha value is -5.48. The lowest BCUT2D eigenvalue weighted by molar-refractivity contribution is 0.669. The third-order valence-electron chi connectivity index (χ3n) is 9.85. The standard InChI is InChI=1S/C44H24OS2/c1-3-13-31-29(11-1)43(25-17-19-38-33(21-25)27-9-5-7-15-37(27)45-38)30-12-2-4-14-32(30)44(31)26-18-20-40-34(22-26)36-23-35-28-10-6-8-16-39(28)46-41(35)24-42(36)47-40/h1-24H. The van der Waals surface area contributed by atoms with Crippen molar-refractivity contribution in [1.29, 1.82) is 0 Å². The highest BCUT2D eigenvalue weighted by Gasteiger charge is 2.19. The summed E-state index contributed by atoms with van der Waals surface area (Å²) in [4.78, 5) is 0. The van der Waals surface area contributed by atoms with Crippen LogP contribution in [0.1, 0.15) is 0 Å². The van der Waals surface area contributed by atoms with Crippen LogP contribution in [0.3, 0.4) is 0 Å². The Labute approximate surface area is 277 Å². The van der Waals surface area contributed by atoms with Crippen molar-refractivity contribution < 1.29 is 4.42 Å². The predicted octanol–water partition coefficient (Wildman–Crippen LogP) is 14.0. The Morgan fingerprint density at radius 1 is 0.298 bits per heavy atom. The van der Waals surface area contributed by atoms with Crippen LogP contribution in [0.25, 0.3) is 106 Å². The summed E-state index contributed by atoms with van der Waals surface area (Å²) in [6, 6.07) is 53.5. The maximum Gasteiger partial charge on any atom is 0.135 e. The summed E-state index contributed by atoms with van der Waals surface area (Å²) in [6.07, 6.45) is 0. The van der Waals surface area contributed by atoms with E-state index in [1.807, 2.05) is 34.8 Å². The molecule has 0 atom stereocenters. The second-order valence-corrected chi connectivity index (χ2v) is 14.6. The number of furan rings is 1. The third kappa shape index (κ3) is 3.64. The minimum atomic E-state index is 0.921. The fourth-order valence-corrected chi connectivity index (χ4v) is 10.1. The lowest BCUT2D eigenvalue weighted by Gasteiger charge is -2.18. The number of rotatable bonds is 2. The lowest BCUT2D eigenvalue weighted by Crippen LogP contribution is -1.90. The predicted molar refractivity (Wildman–Crippen MR) is 205 cm³/mol. The van der Waals surface area contributed by atoms with Crippen LogP contribution in [0, 0.1) is 0 Å². The van der Waals surface area contributed by atoms with E-state index >= 15 is 0 Å². The smallest absolute Gasteiger partial charge is 0.135 e. The molecule has 0 fully saturated rings. The van der Waals surface area contributed by atoms with Crippen LogP contribution >= 0.6 is 22.7 Å². The first-order valence-electron chi connectivity index (χ1n) is 15.9. The molecule has 0 saturated carbocycles. The summed E-state index contributed by atoms with van der Waals surface area (Å²) in [5.41, 5.74) is 6.86. The molecule has 0 aliphatic rings. The highest BCUT2D eigenvalue weighted by atomic mass is 32.1. The molecule has 0 amide bonds. The summed E-state index contributed by atoms with van der Waals surface area (Å²) >= 11 is 3.79. The van der Waals surface area contributed by atoms with E-state index in [0.717, 1.165) is 21.9 Å². The highest BCUT2D eigenvalue weighted by Crippen LogP contribution is 2.47. The molecule has 0 unspecified atom stereocenters. The molecule has 3 heteroatoms. The van der Waals surface area contributed by atoms with Crippen molar-refractivity contribution in [3.8, 4) is 22.3 Å². The van der Waals surface area contributed by atoms with Gasteiger partial charge in [-0.15, -0.1) is 22.7 Å². The molecule has 3 aromatic heterocycles. The number of hydrogen-bond donors (Lipinski definition) is 0. The number of para-hydroxylation sites is 1. The molecule has 3 heterocycles. The molecule has 0 spiro atoms. The van der Waals surface area contributed by atoms with Crippen LogP contribution < -0.4 is 0 Å². The molecule has 0 radical (unpaired) electrons. The van der Waals surface area contributed by atoms with E-state index in [-0.39, 0.29) is 0 Å². The van der Waals surface area contributed by atoms with Gasteiger partial charge in [0.1, 0.15) is 11.2 Å². The first-order chi connectivity index (χ1) is 23.3. The van der Waals surface area contributed by atoms with E-state index in [1.54, 1.807) is 0 Å². The zero-order valence-corrected chi connectivity index (χ0v) is 26.7. The molecule has 0 N–H and O–H groups in total. The van der Waals surface area contributed by atoms with Gasteiger partial charge >= 0.3 is 0 Å². The number of benzene rings is 8. The van der Waals surface area contributed by atoms with Crippen molar-refractivity contribution >= 4 is 107 Å². The second-order valence-electron chi connectivity index (χ2n) is 12.4. The van der Waals surface area contributed by atoms with Crippen molar-refractivity contribution in [3.05, 3.63) is 146 Å². The van der Waals surface area contributed by atoms with Gasteiger partial charge in [-0.05, 0) is 92.3 Å². The van der Waals surface area contributed by atoms with E-state index in [0.29, 0.717) is 0 Å². The summed E-state index contributed by atoms with van der Waals surface area (Å²) < 4.78 is 11.6. The maximum atomic E-state index is 6.20. The van der Waals surface area contributed by atoms with Gasteiger partial charge in [-0.2, -0.15) is 0 Å². The fraction of sp³-hybridized carbons (Fsp3) is 0.